The molecule has 0 bridgehead atoms. The predicted molar refractivity (Wildman–Crippen MR) is 128 cm³/mol. The SMILES string of the molecule is CCOC[SiH2]O[SiH2]O[SiH2]O[SiH2]O[SiH2]O[SiH2]O[SiH2]O[SiH2]O[SiH2]O[SiH2]COCC. The first-order chi connectivity index (χ1) is 13.4. The highest BCUT2D eigenvalue weighted by Crippen LogP contribution is 1.79. The quantitative estimate of drug-likeness (QED) is 0.0828. The Morgan fingerprint density at radius 3 is 0.926 bits per heavy atom. The predicted octanol–water partition coefficient (Wildman–Crippen LogP) is -8.72. The minimum atomic E-state index is -0.963. The van der Waals surface area contributed by atoms with Gasteiger partial charge < -0.3 is 46.5 Å². The molecule has 0 unspecified atom stereocenters. The molecular formula is C6H34O11Si10. The largest absolute Gasteiger partial charge is 0.444 e. The van der Waals surface area contributed by atoms with Crippen molar-refractivity contribution in [3.05, 3.63) is 0 Å². The third-order valence-electron chi connectivity index (χ3n) is 2.49. The molecule has 27 heavy (non-hydrogen) atoms. The van der Waals surface area contributed by atoms with E-state index >= 15 is 0 Å². The van der Waals surface area contributed by atoms with Crippen LogP contribution in [0.4, 0.5) is 0 Å². The molecular weight excluding hydrogens is 529 g/mol. The van der Waals surface area contributed by atoms with Crippen molar-refractivity contribution in [3.8, 4) is 0 Å². The van der Waals surface area contributed by atoms with Crippen molar-refractivity contribution in [1.82, 2.24) is 0 Å². The Morgan fingerprint density at radius 1 is 0.407 bits per heavy atom. The standard InChI is InChI=1S/C6H34O11Si10/c1-3-7-5-18-9-20-11-22-13-24-15-26-17-27-16-25-14-23-12-21-10-19-6-8-4-2/h3-6,18-27H2,1-2H3. The molecule has 0 radical (unpaired) electrons. The van der Waals surface area contributed by atoms with Crippen LogP contribution in [0, 0.1) is 0 Å². The van der Waals surface area contributed by atoms with Gasteiger partial charge in [-0.2, -0.15) is 0 Å². The molecule has 0 aromatic rings. The van der Waals surface area contributed by atoms with Crippen LogP contribution in [-0.4, -0.2) is 125 Å². The van der Waals surface area contributed by atoms with Crippen LogP contribution >= 0.6 is 0 Å². The Kier molecular flexibility index (Phi) is 29.5. The molecule has 0 heterocycles. The molecule has 0 rings (SSSR count). The molecule has 0 saturated carbocycles. The summed E-state index contributed by atoms with van der Waals surface area (Å²) in [7, 11) is -8.49. The summed E-state index contributed by atoms with van der Waals surface area (Å²) >= 11 is 0. The highest BCUT2D eigenvalue weighted by molar-refractivity contribution is 6.50. The van der Waals surface area contributed by atoms with Crippen LogP contribution in [0.5, 0.6) is 0 Å². The van der Waals surface area contributed by atoms with E-state index in [4.69, 9.17) is 46.5 Å². The molecule has 164 valence electrons. The van der Waals surface area contributed by atoms with E-state index in [9.17, 15) is 0 Å². The van der Waals surface area contributed by atoms with Gasteiger partial charge in [0.2, 0.25) is 0 Å². The van der Waals surface area contributed by atoms with Crippen molar-refractivity contribution in [2.75, 3.05) is 25.7 Å². The normalized spacial score (nSPS) is 15.8. The summed E-state index contributed by atoms with van der Waals surface area (Å²) in [6.07, 6.45) is 1.52. The van der Waals surface area contributed by atoms with E-state index in [0.717, 1.165) is 25.7 Å². The van der Waals surface area contributed by atoms with Crippen molar-refractivity contribution >= 4 is 99.6 Å². The Balaban J connectivity index is 2.95. The van der Waals surface area contributed by atoms with Crippen molar-refractivity contribution in [2.24, 2.45) is 0 Å². The molecule has 0 atom stereocenters. The van der Waals surface area contributed by atoms with Gasteiger partial charge in [0.1, 0.15) is 0 Å². The Hall–Kier alpha value is 1.73. The number of rotatable bonds is 24. The van der Waals surface area contributed by atoms with E-state index in [1.165, 1.54) is 0 Å². The van der Waals surface area contributed by atoms with Gasteiger partial charge in [-0.3, -0.25) is 0 Å². The monoisotopic (exact) mass is 562 g/mol. The molecule has 0 amide bonds. The van der Waals surface area contributed by atoms with Crippen molar-refractivity contribution in [2.45, 2.75) is 13.8 Å². The summed E-state index contributed by atoms with van der Waals surface area (Å²) in [6, 6.07) is 0. The lowest BCUT2D eigenvalue weighted by molar-refractivity contribution is 0.186. The second kappa shape index (κ2) is 27.7. The van der Waals surface area contributed by atoms with Crippen LogP contribution < -0.4 is 0 Å². The van der Waals surface area contributed by atoms with E-state index in [1.807, 2.05) is 13.8 Å². The highest BCUT2D eigenvalue weighted by Gasteiger charge is 1.97. The lowest BCUT2D eigenvalue weighted by Crippen LogP contribution is -2.22. The zero-order valence-electron chi connectivity index (χ0n) is 16.4. The molecule has 0 N–H and O–H groups in total. The number of hydrogen-bond acceptors (Lipinski definition) is 11. The summed E-state index contributed by atoms with van der Waals surface area (Å²) in [4.78, 5) is 0. The fourth-order valence-electron chi connectivity index (χ4n) is 1.35. The maximum absolute atomic E-state index is 5.48. The Labute approximate surface area is 185 Å². The first kappa shape index (κ1) is 28.7. The van der Waals surface area contributed by atoms with Gasteiger partial charge in [-0.1, -0.05) is 0 Å². The van der Waals surface area contributed by atoms with Crippen LogP contribution in [0.3, 0.4) is 0 Å². The van der Waals surface area contributed by atoms with Crippen LogP contribution in [0.2, 0.25) is 0 Å². The Bertz CT molecular complexity index is 250. The second-order valence-corrected chi connectivity index (χ2v) is 22.8. The zero-order chi connectivity index (χ0) is 19.7. The fraction of sp³-hybridized carbons (Fsp3) is 1.00. The summed E-state index contributed by atoms with van der Waals surface area (Å²) in [5.41, 5.74) is 0. The van der Waals surface area contributed by atoms with E-state index in [-0.39, 0.29) is 0 Å². The van der Waals surface area contributed by atoms with E-state index in [2.05, 4.69) is 0 Å². The molecule has 0 aliphatic heterocycles. The van der Waals surface area contributed by atoms with Crippen molar-refractivity contribution < 1.29 is 46.5 Å². The van der Waals surface area contributed by atoms with Gasteiger partial charge >= 0.3 is 0 Å². The summed E-state index contributed by atoms with van der Waals surface area (Å²) < 4.78 is 59.5. The van der Waals surface area contributed by atoms with E-state index < -0.39 is 99.6 Å². The van der Waals surface area contributed by atoms with Gasteiger partial charge in [-0.05, 0) is 13.8 Å². The third kappa shape index (κ3) is 27.7. The van der Waals surface area contributed by atoms with Crippen molar-refractivity contribution in [3.63, 3.8) is 0 Å². The van der Waals surface area contributed by atoms with Crippen LogP contribution in [0.25, 0.3) is 0 Å². The molecule has 21 heteroatoms. The summed E-state index contributed by atoms with van der Waals surface area (Å²) in [5, 5.41) is 0. The maximum atomic E-state index is 5.48. The van der Waals surface area contributed by atoms with Gasteiger partial charge in [0.15, 0.2) is 19.5 Å². The molecule has 11 nitrogen and oxygen atoms in total. The minimum absolute atomic E-state index is 0.549. The highest BCUT2D eigenvalue weighted by atomic mass is 28.4. The lowest BCUT2D eigenvalue weighted by Gasteiger charge is -2.09. The summed E-state index contributed by atoms with van der Waals surface area (Å²) in [6.45, 7) is 5.46. The third-order valence-corrected chi connectivity index (χ3v) is 16.4. The fourth-order valence-corrected chi connectivity index (χ4v) is 18.2. The number of ether oxygens (including phenoxy) is 2. The number of hydrogen-bond donors (Lipinski definition) is 0. The average molecular weight is 563 g/mol. The molecule has 0 spiro atoms. The van der Waals surface area contributed by atoms with Gasteiger partial charge in [0.25, 0.3) is 80.1 Å². The van der Waals surface area contributed by atoms with Crippen LogP contribution in [0.15, 0.2) is 0 Å². The van der Waals surface area contributed by atoms with Gasteiger partial charge in [-0.25, -0.2) is 0 Å². The summed E-state index contributed by atoms with van der Waals surface area (Å²) in [5.74, 6) is 0. The molecule has 0 aromatic heterocycles. The Morgan fingerprint density at radius 2 is 0.667 bits per heavy atom. The smallest absolute Gasteiger partial charge is 0.286 e. The van der Waals surface area contributed by atoms with Gasteiger partial charge in [-0.15, -0.1) is 0 Å². The average Bonchev–Trinajstić information content (AvgIpc) is 2.68. The molecule has 0 saturated heterocycles. The first-order valence-electron chi connectivity index (χ1n) is 8.77. The van der Waals surface area contributed by atoms with Crippen molar-refractivity contribution in [1.29, 1.82) is 0 Å². The van der Waals surface area contributed by atoms with Gasteiger partial charge in [0, 0.05) is 13.2 Å². The van der Waals surface area contributed by atoms with Gasteiger partial charge in [0.05, 0.1) is 12.5 Å². The second-order valence-electron chi connectivity index (χ2n) is 4.58. The topological polar surface area (TPSA) is 102 Å². The lowest BCUT2D eigenvalue weighted by atomic mass is 10.9. The van der Waals surface area contributed by atoms with Crippen LogP contribution in [-0.2, 0) is 46.5 Å². The first-order valence-corrected chi connectivity index (χ1v) is 21.2. The van der Waals surface area contributed by atoms with E-state index in [1.54, 1.807) is 0 Å². The molecule has 0 aromatic carbocycles. The molecule has 0 aliphatic rings. The minimum Gasteiger partial charge on any atom is -0.444 e. The molecule has 0 aliphatic carbocycles. The maximum Gasteiger partial charge on any atom is 0.286 e. The molecule has 0 fully saturated rings. The van der Waals surface area contributed by atoms with E-state index in [0.29, 0.717) is 0 Å². The zero-order valence-corrected chi connectivity index (χ0v) is 30.5. The van der Waals surface area contributed by atoms with Crippen LogP contribution in [0.1, 0.15) is 13.8 Å².